The number of halogens is 1. The standard InChI is InChI=1S/C15H22FN3O2/c1-18-7-5-11(18)9-20-13-3-4-14(16)17-15(13)21-10-12-6-8-19(12)2/h3-4,11-12H,5-10H2,1-2H3/t11-,12-/m1/s1. The van der Waals surface area contributed by atoms with Crippen molar-refractivity contribution < 1.29 is 13.9 Å². The highest BCUT2D eigenvalue weighted by molar-refractivity contribution is 5.33. The van der Waals surface area contributed by atoms with Crippen LogP contribution in [-0.4, -0.2) is 67.3 Å². The SMILES string of the molecule is CN1CC[C@@H]1COc1ccc(F)nc1OC[C@H]1CCN1C. The van der Waals surface area contributed by atoms with Gasteiger partial charge < -0.3 is 9.47 Å². The second-order valence-corrected chi connectivity index (χ2v) is 5.91. The van der Waals surface area contributed by atoms with Crippen molar-refractivity contribution in [2.24, 2.45) is 0 Å². The Balaban J connectivity index is 1.59. The van der Waals surface area contributed by atoms with E-state index in [-0.39, 0.29) is 5.88 Å². The summed E-state index contributed by atoms with van der Waals surface area (Å²) in [4.78, 5) is 8.27. The fourth-order valence-corrected chi connectivity index (χ4v) is 2.54. The Morgan fingerprint density at radius 2 is 1.71 bits per heavy atom. The highest BCUT2D eigenvalue weighted by Gasteiger charge is 2.27. The Morgan fingerprint density at radius 1 is 1.10 bits per heavy atom. The molecule has 2 saturated heterocycles. The van der Waals surface area contributed by atoms with Crippen LogP contribution in [0.15, 0.2) is 12.1 Å². The monoisotopic (exact) mass is 295 g/mol. The minimum absolute atomic E-state index is 0.261. The number of rotatable bonds is 6. The van der Waals surface area contributed by atoms with Crippen LogP contribution in [-0.2, 0) is 0 Å². The van der Waals surface area contributed by atoms with Crippen molar-refractivity contribution in [1.29, 1.82) is 0 Å². The minimum atomic E-state index is -0.542. The molecule has 1 aromatic rings. The summed E-state index contributed by atoms with van der Waals surface area (Å²) in [5.41, 5.74) is 0. The molecule has 2 atom stereocenters. The molecule has 0 amide bonds. The number of ether oxygens (including phenoxy) is 2. The largest absolute Gasteiger partial charge is 0.486 e. The second-order valence-electron chi connectivity index (χ2n) is 5.91. The van der Waals surface area contributed by atoms with Crippen molar-refractivity contribution in [3.8, 4) is 11.6 Å². The van der Waals surface area contributed by atoms with Crippen molar-refractivity contribution in [2.45, 2.75) is 24.9 Å². The fraction of sp³-hybridized carbons (Fsp3) is 0.667. The molecular weight excluding hydrogens is 273 g/mol. The van der Waals surface area contributed by atoms with Gasteiger partial charge in [-0.25, -0.2) is 0 Å². The third-order valence-corrected chi connectivity index (χ3v) is 4.51. The Kier molecular flexibility index (Phi) is 4.26. The van der Waals surface area contributed by atoms with Crippen LogP contribution in [0.1, 0.15) is 12.8 Å². The zero-order valence-corrected chi connectivity index (χ0v) is 12.6. The van der Waals surface area contributed by atoms with Crippen LogP contribution >= 0.6 is 0 Å². The Bertz CT molecular complexity index is 500. The molecular formula is C15H22FN3O2. The molecule has 3 rings (SSSR count). The van der Waals surface area contributed by atoms with E-state index < -0.39 is 5.95 Å². The van der Waals surface area contributed by atoms with Gasteiger partial charge in [0.1, 0.15) is 13.2 Å². The van der Waals surface area contributed by atoms with Gasteiger partial charge in [0.15, 0.2) is 5.75 Å². The summed E-state index contributed by atoms with van der Waals surface area (Å²) in [5.74, 6) is 0.246. The van der Waals surface area contributed by atoms with Gasteiger partial charge in [-0.05, 0) is 52.2 Å². The maximum Gasteiger partial charge on any atom is 0.259 e. The van der Waals surface area contributed by atoms with E-state index in [1.165, 1.54) is 6.07 Å². The molecule has 2 fully saturated rings. The molecule has 5 nitrogen and oxygen atoms in total. The van der Waals surface area contributed by atoms with E-state index in [1.807, 2.05) is 0 Å². The molecule has 0 spiro atoms. The molecule has 0 saturated carbocycles. The van der Waals surface area contributed by atoms with E-state index in [9.17, 15) is 4.39 Å². The van der Waals surface area contributed by atoms with Crippen molar-refractivity contribution in [2.75, 3.05) is 40.4 Å². The summed E-state index contributed by atoms with van der Waals surface area (Å²) in [6.45, 7) is 3.30. The Morgan fingerprint density at radius 3 is 2.24 bits per heavy atom. The van der Waals surface area contributed by atoms with Gasteiger partial charge in [-0.15, -0.1) is 0 Å². The van der Waals surface area contributed by atoms with E-state index in [0.29, 0.717) is 31.0 Å². The topological polar surface area (TPSA) is 37.8 Å². The first-order valence-electron chi connectivity index (χ1n) is 7.46. The summed E-state index contributed by atoms with van der Waals surface area (Å²) in [6.07, 6.45) is 2.24. The van der Waals surface area contributed by atoms with Gasteiger partial charge in [-0.3, -0.25) is 9.80 Å². The van der Waals surface area contributed by atoms with Gasteiger partial charge in [0.25, 0.3) is 5.88 Å². The number of hydrogen-bond acceptors (Lipinski definition) is 5. The van der Waals surface area contributed by atoms with E-state index in [2.05, 4.69) is 28.9 Å². The van der Waals surface area contributed by atoms with E-state index in [0.717, 1.165) is 25.9 Å². The van der Waals surface area contributed by atoms with Crippen LogP contribution in [0, 0.1) is 5.95 Å². The molecule has 21 heavy (non-hydrogen) atoms. The van der Waals surface area contributed by atoms with Crippen LogP contribution in [0.2, 0.25) is 0 Å². The summed E-state index contributed by atoms with van der Waals surface area (Å²) in [6, 6.07) is 3.73. The number of hydrogen-bond donors (Lipinski definition) is 0. The lowest BCUT2D eigenvalue weighted by molar-refractivity contribution is 0.0642. The van der Waals surface area contributed by atoms with Crippen LogP contribution < -0.4 is 9.47 Å². The van der Waals surface area contributed by atoms with Crippen LogP contribution in [0.3, 0.4) is 0 Å². The summed E-state index contributed by atoms with van der Waals surface area (Å²) in [5, 5.41) is 0. The molecule has 2 aliphatic rings. The van der Waals surface area contributed by atoms with Gasteiger partial charge in [-0.1, -0.05) is 0 Å². The molecule has 0 unspecified atom stereocenters. The van der Waals surface area contributed by atoms with E-state index >= 15 is 0 Å². The first kappa shape index (κ1) is 14.5. The van der Waals surface area contributed by atoms with Crippen molar-refractivity contribution in [3.05, 3.63) is 18.1 Å². The van der Waals surface area contributed by atoms with E-state index in [4.69, 9.17) is 9.47 Å². The van der Waals surface area contributed by atoms with Crippen molar-refractivity contribution >= 4 is 0 Å². The normalized spacial score (nSPS) is 26.0. The molecule has 0 N–H and O–H groups in total. The van der Waals surface area contributed by atoms with Gasteiger partial charge in [0, 0.05) is 12.1 Å². The lowest BCUT2D eigenvalue weighted by Gasteiger charge is -2.38. The molecule has 2 aliphatic heterocycles. The highest BCUT2D eigenvalue weighted by Crippen LogP contribution is 2.27. The maximum absolute atomic E-state index is 13.3. The average Bonchev–Trinajstić information content (AvgIpc) is 2.46. The Labute approximate surface area is 124 Å². The molecule has 0 bridgehead atoms. The van der Waals surface area contributed by atoms with Gasteiger partial charge in [0.05, 0.1) is 0 Å². The molecule has 0 aliphatic carbocycles. The number of nitrogens with zero attached hydrogens (tertiary/aromatic N) is 3. The maximum atomic E-state index is 13.3. The zero-order valence-electron chi connectivity index (χ0n) is 12.6. The minimum Gasteiger partial charge on any atom is -0.486 e. The van der Waals surface area contributed by atoms with Crippen LogP contribution in [0.4, 0.5) is 4.39 Å². The Hall–Kier alpha value is -1.40. The smallest absolute Gasteiger partial charge is 0.259 e. The van der Waals surface area contributed by atoms with Gasteiger partial charge >= 0.3 is 0 Å². The van der Waals surface area contributed by atoms with Gasteiger partial charge in [0.2, 0.25) is 5.95 Å². The predicted octanol–water partition coefficient (Wildman–Crippen LogP) is 1.39. The molecule has 1 aromatic heterocycles. The first-order chi connectivity index (χ1) is 10.1. The predicted molar refractivity (Wildman–Crippen MR) is 77.3 cm³/mol. The van der Waals surface area contributed by atoms with Crippen molar-refractivity contribution in [3.63, 3.8) is 0 Å². The molecule has 3 heterocycles. The quantitative estimate of drug-likeness (QED) is 0.741. The van der Waals surface area contributed by atoms with Crippen molar-refractivity contribution in [1.82, 2.24) is 14.8 Å². The third-order valence-electron chi connectivity index (χ3n) is 4.51. The summed E-state index contributed by atoms with van der Waals surface area (Å²) < 4.78 is 24.8. The molecule has 0 radical (unpaired) electrons. The van der Waals surface area contributed by atoms with Crippen LogP contribution in [0.25, 0.3) is 0 Å². The number of aromatic nitrogens is 1. The molecule has 0 aromatic carbocycles. The molecule has 6 heteroatoms. The highest BCUT2D eigenvalue weighted by atomic mass is 19.1. The van der Waals surface area contributed by atoms with Crippen LogP contribution in [0.5, 0.6) is 11.6 Å². The van der Waals surface area contributed by atoms with Gasteiger partial charge in [-0.2, -0.15) is 9.37 Å². The third kappa shape index (κ3) is 3.27. The lowest BCUT2D eigenvalue weighted by Crippen LogP contribution is -2.48. The number of pyridine rings is 1. The second kappa shape index (κ2) is 6.15. The first-order valence-corrected chi connectivity index (χ1v) is 7.46. The molecule has 116 valence electrons. The number of likely N-dealkylation sites (tertiary alicyclic amines) is 2. The fourth-order valence-electron chi connectivity index (χ4n) is 2.54. The zero-order chi connectivity index (χ0) is 14.8. The summed E-state index contributed by atoms with van der Waals surface area (Å²) >= 11 is 0. The van der Waals surface area contributed by atoms with E-state index in [1.54, 1.807) is 6.07 Å². The lowest BCUT2D eigenvalue weighted by atomic mass is 10.1. The number of likely N-dealkylation sites (N-methyl/N-ethyl adjacent to an activating group) is 2. The summed E-state index contributed by atoms with van der Waals surface area (Å²) in [7, 11) is 4.13. The average molecular weight is 295 g/mol.